The first-order valence-corrected chi connectivity index (χ1v) is 6.22. The van der Waals surface area contributed by atoms with E-state index in [1.165, 1.54) is 24.3 Å². The highest BCUT2D eigenvalue weighted by Crippen LogP contribution is 2.11. The summed E-state index contributed by atoms with van der Waals surface area (Å²) in [5, 5.41) is 1.14. The van der Waals surface area contributed by atoms with E-state index in [-0.39, 0.29) is 0 Å². The third kappa shape index (κ3) is 6.94. The van der Waals surface area contributed by atoms with Gasteiger partial charge >= 0.3 is 0 Å². The van der Waals surface area contributed by atoms with Gasteiger partial charge in [0.1, 0.15) is 0 Å². The van der Waals surface area contributed by atoms with Crippen LogP contribution < -0.4 is 0 Å². The minimum Gasteiger partial charge on any atom is -0.162 e. The summed E-state index contributed by atoms with van der Waals surface area (Å²) in [5.74, 6) is 3.49. The average molecular weight is 225 g/mol. The second kappa shape index (κ2) is 7.93. The van der Waals surface area contributed by atoms with Crippen molar-refractivity contribution < 1.29 is 0 Å². The van der Waals surface area contributed by atoms with E-state index in [9.17, 15) is 0 Å². The molecule has 0 nitrogen and oxygen atoms in total. The Hall–Kier alpha value is 0.830. The lowest BCUT2D eigenvalue weighted by Crippen LogP contribution is -1.99. The first-order chi connectivity index (χ1) is 4.81. The third-order valence-corrected chi connectivity index (χ3v) is 3.80. The normalized spacial score (nSPS) is 13.5. The molecule has 0 aromatic carbocycles. The van der Waals surface area contributed by atoms with E-state index >= 15 is 0 Å². The lowest BCUT2D eigenvalue weighted by molar-refractivity contribution is 0.768. The number of alkyl halides is 1. The summed E-state index contributed by atoms with van der Waals surface area (Å²) in [6.07, 6.45) is 2.70. The van der Waals surface area contributed by atoms with Gasteiger partial charge in [-0.1, -0.05) is 36.2 Å². The fraction of sp³-hybridized carbons (Fsp3) is 1.00. The maximum absolute atomic E-state index is 3.47. The van der Waals surface area contributed by atoms with Crippen LogP contribution in [0.1, 0.15) is 26.7 Å². The summed E-state index contributed by atoms with van der Waals surface area (Å²) < 4.78 is 0. The van der Waals surface area contributed by atoms with E-state index < -0.39 is 0 Å². The van der Waals surface area contributed by atoms with E-state index in [2.05, 4.69) is 41.5 Å². The zero-order valence-corrected chi connectivity index (χ0v) is 9.30. The molecule has 0 aliphatic carbocycles. The smallest absolute Gasteiger partial charge is 0.00649 e. The van der Waals surface area contributed by atoms with Gasteiger partial charge in [0, 0.05) is 5.33 Å². The third-order valence-electron chi connectivity index (χ3n) is 1.31. The Morgan fingerprint density at radius 1 is 1.50 bits per heavy atom. The van der Waals surface area contributed by atoms with Crippen LogP contribution >= 0.6 is 27.7 Å². The highest BCUT2D eigenvalue weighted by molar-refractivity contribution is 9.09. The Labute approximate surface area is 77.3 Å². The maximum atomic E-state index is 3.47. The number of thioether (sulfide) groups is 1. The Bertz CT molecular complexity index is 66.3. The fourth-order valence-electron chi connectivity index (χ4n) is 0.575. The van der Waals surface area contributed by atoms with Crippen molar-refractivity contribution in [1.29, 1.82) is 0 Å². The van der Waals surface area contributed by atoms with Crippen LogP contribution in [0.2, 0.25) is 0 Å². The molecule has 0 spiro atoms. The topological polar surface area (TPSA) is 0 Å². The molecule has 0 aromatic rings. The quantitative estimate of drug-likeness (QED) is 0.492. The number of halogens is 1. The van der Waals surface area contributed by atoms with Gasteiger partial charge in [-0.05, 0) is 23.8 Å². The number of rotatable bonds is 6. The Morgan fingerprint density at radius 2 is 2.20 bits per heavy atom. The maximum Gasteiger partial charge on any atom is 0.00649 e. The largest absolute Gasteiger partial charge is 0.162 e. The Morgan fingerprint density at radius 3 is 2.70 bits per heavy atom. The van der Waals surface area contributed by atoms with Crippen LogP contribution in [0.4, 0.5) is 0 Å². The molecule has 10 heavy (non-hydrogen) atoms. The van der Waals surface area contributed by atoms with Crippen molar-refractivity contribution in [3.05, 3.63) is 0 Å². The van der Waals surface area contributed by atoms with Crippen LogP contribution in [0.3, 0.4) is 0 Å². The minimum absolute atomic E-state index is 0.835. The van der Waals surface area contributed by atoms with E-state index in [0.717, 1.165) is 11.2 Å². The predicted octanol–water partition coefficient (Wildman–Crippen LogP) is 3.55. The van der Waals surface area contributed by atoms with Gasteiger partial charge in [0.2, 0.25) is 0 Å². The molecule has 1 atom stereocenters. The zero-order chi connectivity index (χ0) is 7.82. The van der Waals surface area contributed by atoms with Gasteiger partial charge in [-0.3, -0.25) is 0 Å². The van der Waals surface area contributed by atoms with Crippen LogP contribution in [-0.4, -0.2) is 16.8 Å². The van der Waals surface area contributed by atoms with E-state index in [1.54, 1.807) is 0 Å². The van der Waals surface area contributed by atoms with E-state index in [1.807, 2.05) is 0 Å². The zero-order valence-electron chi connectivity index (χ0n) is 6.90. The summed E-state index contributed by atoms with van der Waals surface area (Å²) in [5.41, 5.74) is 0. The van der Waals surface area contributed by atoms with Gasteiger partial charge in [-0.2, -0.15) is 11.8 Å². The molecule has 0 radical (unpaired) electrons. The fourth-order valence-corrected chi connectivity index (χ4v) is 2.29. The van der Waals surface area contributed by atoms with Gasteiger partial charge in [-0.25, -0.2) is 0 Å². The van der Waals surface area contributed by atoms with Gasteiger partial charge in [-0.15, -0.1) is 0 Å². The Kier molecular flexibility index (Phi) is 8.59. The molecule has 0 heterocycles. The molecule has 0 rings (SSSR count). The number of hydrogen-bond donors (Lipinski definition) is 0. The molecule has 1 unspecified atom stereocenters. The van der Waals surface area contributed by atoms with Crippen molar-refractivity contribution in [3.8, 4) is 0 Å². The van der Waals surface area contributed by atoms with Crippen LogP contribution in [0.15, 0.2) is 0 Å². The molecule has 0 aliphatic heterocycles. The van der Waals surface area contributed by atoms with Crippen LogP contribution in [0.5, 0.6) is 0 Å². The molecule has 0 saturated heterocycles. The molecular formula is C8H17BrS. The minimum atomic E-state index is 0.835. The molecule has 0 bridgehead atoms. The molecular weight excluding hydrogens is 208 g/mol. The summed E-state index contributed by atoms with van der Waals surface area (Å²) in [6.45, 7) is 4.53. The molecule has 0 N–H and O–H groups in total. The van der Waals surface area contributed by atoms with Crippen molar-refractivity contribution in [3.63, 3.8) is 0 Å². The second-order valence-corrected chi connectivity index (χ2v) is 4.49. The SMILES string of the molecule is CCCCSCC(C)CBr. The lowest BCUT2D eigenvalue weighted by atomic mass is 10.3. The Balaban J connectivity index is 2.89. The van der Waals surface area contributed by atoms with E-state index in [0.29, 0.717) is 0 Å². The number of unbranched alkanes of at least 4 members (excludes halogenated alkanes) is 1. The monoisotopic (exact) mass is 224 g/mol. The van der Waals surface area contributed by atoms with Crippen LogP contribution in [0.25, 0.3) is 0 Å². The van der Waals surface area contributed by atoms with E-state index in [4.69, 9.17) is 0 Å². The summed E-state index contributed by atoms with van der Waals surface area (Å²) in [6, 6.07) is 0. The van der Waals surface area contributed by atoms with Gasteiger partial charge in [0.15, 0.2) is 0 Å². The molecule has 0 amide bonds. The van der Waals surface area contributed by atoms with Gasteiger partial charge < -0.3 is 0 Å². The van der Waals surface area contributed by atoms with Crippen LogP contribution in [-0.2, 0) is 0 Å². The van der Waals surface area contributed by atoms with Gasteiger partial charge in [0.05, 0.1) is 0 Å². The number of hydrogen-bond acceptors (Lipinski definition) is 1. The first kappa shape index (κ1) is 10.8. The first-order valence-electron chi connectivity index (χ1n) is 3.95. The molecule has 0 fully saturated rings. The summed E-state index contributed by atoms with van der Waals surface area (Å²) in [7, 11) is 0. The van der Waals surface area contributed by atoms with Crippen molar-refractivity contribution in [2.45, 2.75) is 26.7 Å². The van der Waals surface area contributed by atoms with Crippen molar-refractivity contribution in [1.82, 2.24) is 0 Å². The summed E-state index contributed by atoms with van der Waals surface area (Å²) in [4.78, 5) is 0. The molecule has 62 valence electrons. The standard InChI is InChI=1S/C8H17BrS/c1-3-4-5-10-7-8(2)6-9/h8H,3-7H2,1-2H3. The highest BCUT2D eigenvalue weighted by atomic mass is 79.9. The van der Waals surface area contributed by atoms with Crippen molar-refractivity contribution in [2.24, 2.45) is 5.92 Å². The molecule has 0 saturated carbocycles. The lowest BCUT2D eigenvalue weighted by Gasteiger charge is -2.05. The second-order valence-electron chi connectivity index (χ2n) is 2.69. The van der Waals surface area contributed by atoms with Crippen molar-refractivity contribution in [2.75, 3.05) is 16.8 Å². The molecule has 0 aromatic heterocycles. The van der Waals surface area contributed by atoms with Crippen LogP contribution in [0, 0.1) is 5.92 Å². The predicted molar refractivity (Wildman–Crippen MR) is 55.2 cm³/mol. The summed E-state index contributed by atoms with van der Waals surface area (Å²) >= 11 is 5.55. The molecule has 0 aliphatic rings. The average Bonchev–Trinajstić information content (AvgIpc) is 1.98. The van der Waals surface area contributed by atoms with Gasteiger partial charge in [0.25, 0.3) is 0 Å². The van der Waals surface area contributed by atoms with Crippen molar-refractivity contribution >= 4 is 27.7 Å². The molecule has 2 heteroatoms. The highest BCUT2D eigenvalue weighted by Gasteiger charge is 1.97.